The molecule has 1 atom stereocenters. The van der Waals surface area contributed by atoms with Crippen LogP contribution in [-0.2, 0) is 26.2 Å². The monoisotopic (exact) mass is 473 g/mol. The lowest BCUT2D eigenvalue weighted by Crippen LogP contribution is -2.51. The predicted molar refractivity (Wildman–Crippen MR) is 133 cm³/mol. The lowest BCUT2D eigenvalue weighted by atomic mass is 10.1. The lowest BCUT2D eigenvalue weighted by Gasteiger charge is -2.32. The highest BCUT2D eigenvalue weighted by atomic mass is 32.2. The molecule has 180 valence electrons. The first-order chi connectivity index (χ1) is 15.5. The molecule has 1 unspecified atom stereocenters. The minimum atomic E-state index is -3.74. The summed E-state index contributed by atoms with van der Waals surface area (Å²) in [6.07, 6.45) is 1.86. The number of nitrogens with zero attached hydrogens (tertiary/aromatic N) is 2. The predicted octanol–water partition coefficient (Wildman–Crippen LogP) is 3.32. The third-order valence-electron chi connectivity index (χ3n) is 5.68. The van der Waals surface area contributed by atoms with Crippen molar-refractivity contribution in [3.63, 3.8) is 0 Å². The molecule has 0 spiro atoms. The van der Waals surface area contributed by atoms with Crippen molar-refractivity contribution in [3.8, 4) is 0 Å². The first-order valence-corrected chi connectivity index (χ1v) is 13.0. The second-order valence-electron chi connectivity index (χ2n) is 8.47. The average Bonchev–Trinajstić information content (AvgIpc) is 2.75. The smallest absolute Gasteiger partial charge is 0.244 e. The Labute approximate surface area is 197 Å². The maximum Gasteiger partial charge on any atom is 0.244 e. The van der Waals surface area contributed by atoms with E-state index in [4.69, 9.17) is 0 Å². The zero-order valence-corrected chi connectivity index (χ0v) is 21.2. The van der Waals surface area contributed by atoms with Crippen LogP contribution in [0.4, 0.5) is 5.69 Å². The highest BCUT2D eigenvalue weighted by Gasteiger charge is 2.30. The van der Waals surface area contributed by atoms with Crippen molar-refractivity contribution in [2.24, 2.45) is 0 Å². The fourth-order valence-corrected chi connectivity index (χ4v) is 4.49. The van der Waals surface area contributed by atoms with E-state index in [1.165, 1.54) is 4.90 Å². The van der Waals surface area contributed by atoms with Crippen molar-refractivity contribution in [1.82, 2.24) is 10.2 Å². The van der Waals surface area contributed by atoms with Crippen molar-refractivity contribution in [2.75, 3.05) is 23.7 Å². The van der Waals surface area contributed by atoms with E-state index < -0.39 is 22.0 Å². The van der Waals surface area contributed by atoms with E-state index in [1.807, 2.05) is 58.0 Å². The molecule has 7 nitrogen and oxygen atoms in total. The number of carbonyl (C=O) groups is 2. The molecule has 2 aromatic carbocycles. The van der Waals surface area contributed by atoms with Crippen molar-refractivity contribution in [1.29, 1.82) is 0 Å². The Morgan fingerprint density at radius 3 is 2.33 bits per heavy atom. The van der Waals surface area contributed by atoms with Gasteiger partial charge in [-0.2, -0.15) is 0 Å². The second-order valence-corrected chi connectivity index (χ2v) is 10.4. The molecule has 2 amide bonds. The third-order valence-corrected chi connectivity index (χ3v) is 6.80. The van der Waals surface area contributed by atoms with Gasteiger partial charge in [0, 0.05) is 13.1 Å². The topological polar surface area (TPSA) is 86.8 Å². The minimum Gasteiger partial charge on any atom is -0.354 e. The van der Waals surface area contributed by atoms with E-state index in [-0.39, 0.29) is 19.0 Å². The summed E-state index contributed by atoms with van der Waals surface area (Å²) in [6.45, 7) is 9.62. The lowest BCUT2D eigenvalue weighted by molar-refractivity contribution is -0.139. The van der Waals surface area contributed by atoms with Gasteiger partial charge in [-0.1, -0.05) is 48.9 Å². The summed E-state index contributed by atoms with van der Waals surface area (Å²) in [5, 5.41) is 2.83. The summed E-state index contributed by atoms with van der Waals surface area (Å²) < 4.78 is 26.5. The molecular formula is C25H35N3O4S. The molecule has 0 aliphatic carbocycles. The maximum atomic E-state index is 13.5. The number of benzene rings is 2. The summed E-state index contributed by atoms with van der Waals surface area (Å²) >= 11 is 0. The average molecular weight is 474 g/mol. The molecule has 8 heteroatoms. The fraction of sp³-hybridized carbons (Fsp3) is 0.440. The van der Waals surface area contributed by atoms with Crippen molar-refractivity contribution in [3.05, 3.63) is 64.7 Å². The Bertz CT molecular complexity index is 1100. The highest BCUT2D eigenvalue weighted by Crippen LogP contribution is 2.25. The van der Waals surface area contributed by atoms with Gasteiger partial charge in [-0.15, -0.1) is 0 Å². The number of hydrogen-bond donors (Lipinski definition) is 1. The van der Waals surface area contributed by atoms with Gasteiger partial charge in [0.05, 0.1) is 11.9 Å². The Hall–Kier alpha value is -2.87. The zero-order chi connectivity index (χ0) is 24.8. The number of sulfonamides is 1. The van der Waals surface area contributed by atoms with Crippen LogP contribution in [0.1, 0.15) is 42.5 Å². The molecule has 0 bridgehead atoms. The van der Waals surface area contributed by atoms with Crippen LogP contribution in [-0.4, -0.2) is 50.5 Å². The van der Waals surface area contributed by atoms with Crippen LogP contribution < -0.4 is 9.62 Å². The molecule has 33 heavy (non-hydrogen) atoms. The number of anilines is 1. The molecule has 2 aromatic rings. The maximum absolute atomic E-state index is 13.5. The Balaban J connectivity index is 2.42. The van der Waals surface area contributed by atoms with Crippen LogP contribution in [0.2, 0.25) is 0 Å². The fourth-order valence-electron chi connectivity index (χ4n) is 3.59. The first-order valence-electron chi connectivity index (χ1n) is 11.1. The van der Waals surface area contributed by atoms with Crippen LogP contribution in [0.5, 0.6) is 0 Å². The van der Waals surface area contributed by atoms with Gasteiger partial charge in [0.25, 0.3) is 0 Å². The number of hydrogen-bond acceptors (Lipinski definition) is 4. The highest BCUT2D eigenvalue weighted by molar-refractivity contribution is 7.92. The minimum absolute atomic E-state index is 0.200. The summed E-state index contributed by atoms with van der Waals surface area (Å²) in [6, 6.07) is 12.3. The molecule has 0 fully saturated rings. The standard InChI is InChI=1S/C25H35N3O4S/c1-7-14-26-25(30)21(5)27(16-22-12-8-10-18(2)15-22)24(29)17-28(33(6,31)32)23-13-9-11-19(3)20(23)4/h8-13,15,21H,7,14,16-17H2,1-6H3,(H,26,30). The third kappa shape index (κ3) is 7.05. The van der Waals surface area contributed by atoms with E-state index in [0.29, 0.717) is 12.2 Å². The van der Waals surface area contributed by atoms with Crippen molar-refractivity contribution < 1.29 is 18.0 Å². The molecule has 0 radical (unpaired) electrons. The zero-order valence-electron chi connectivity index (χ0n) is 20.4. The van der Waals surface area contributed by atoms with Gasteiger partial charge in [-0.05, 0) is 56.9 Å². The Morgan fingerprint density at radius 2 is 1.73 bits per heavy atom. The normalized spacial score (nSPS) is 12.2. The van der Waals surface area contributed by atoms with Crippen LogP contribution in [0, 0.1) is 20.8 Å². The van der Waals surface area contributed by atoms with Gasteiger partial charge < -0.3 is 10.2 Å². The SMILES string of the molecule is CCCNC(=O)C(C)N(Cc1cccc(C)c1)C(=O)CN(c1cccc(C)c1C)S(C)(=O)=O. The van der Waals surface area contributed by atoms with Crippen molar-refractivity contribution in [2.45, 2.75) is 53.6 Å². The molecule has 0 saturated heterocycles. The molecule has 1 N–H and O–H groups in total. The van der Waals surface area contributed by atoms with Gasteiger partial charge in [-0.3, -0.25) is 13.9 Å². The van der Waals surface area contributed by atoms with Gasteiger partial charge in [0.1, 0.15) is 12.6 Å². The summed E-state index contributed by atoms with van der Waals surface area (Å²) in [5.74, 6) is -0.711. The van der Waals surface area contributed by atoms with E-state index in [9.17, 15) is 18.0 Å². The second kappa shape index (κ2) is 11.3. The summed E-state index contributed by atoms with van der Waals surface area (Å²) in [5.41, 5.74) is 4.09. The van der Waals surface area contributed by atoms with E-state index >= 15 is 0 Å². The Kier molecular flexibility index (Phi) is 9.05. The van der Waals surface area contributed by atoms with E-state index in [1.54, 1.807) is 19.1 Å². The molecule has 0 aliphatic heterocycles. The van der Waals surface area contributed by atoms with E-state index in [0.717, 1.165) is 39.2 Å². The Morgan fingerprint density at radius 1 is 1.06 bits per heavy atom. The molecule has 0 saturated carbocycles. The van der Waals surface area contributed by atoms with Crippen LogP contribution in [0.3, 0.4) is 0 Å². The van der Waals surface area contributed by atoms with Crippen LogP contribution >= 0.6 is 0 Å². The molecule has 0 heterocycles. The van der Waals surface area contributed by atoms with Gasteiger partial charge in [-0.25, -0.2) is 8.42 Å². The van der Waals surface area contributed by atoms with Crippen molar-refractivity contribution >= 4 is 27.5 Å². The molecule has 2 rings (SSSR count). The molecule has 0 aliphatic rings. The number of carbonyl (C=O) groups excluding carboxylic acids is 2. The van der Waals surface area contributed by atoms with Gasteiger partial charge >= 0.3 is 0 Å². The largest absolute Gasteiger partial charge is 0.354 e. The number of rotatable bonds is 10. The van der Waals surface area contributed by atoms with Gasteiger partial charge in [0.2, 0.25) is 21.8 Å². The number of nitrogens with one attached hydrogen (secondary N) is 1. The van der Waals surface area contributed by atoms with Crippen LogP contribution in [0.15, 0.2) is 42.5 Å². The van der Waals surface area contributed by atoms with Gasteiger partial charge in [0.15, 0.2) is 0 Å². The van der Waals surface area contributed by atoms with E-state index in [2.05, 4.69) is 5.32 Å². The molecular weight excluding hydrogens is 438 g/mol. The quantitative estimate of drug-likeness (QED) is 0.574. The summed E-state index contributed by atoms with van der Waals surface area (Å²) in [7, 11) is -3.74. The molecule has 0 aromatic heterocycles. The number of amides is 2. The van der Waals surface area contributed by atoms with Crippen LogP contribution in [0.25, 0.3) is 0 Å². The summed E-state index contributed by atoms with van der Waals surface area (Å²) in [4.78, 5) is 27.7. The number of aryl methyl sites for hydroxylation is 2. The first kappa shape index (κ1) is 26.4.